The first-order chi connectivity index (χ1) is 16.9. The molecule has 9 heteroatoms. The Morgan fingerprint density at radius 1 is 1.11 bits per heavy atom. The number of aromatic nitrogens is 2. The Morgan fingerprint density at radius 2 is 1.89 bits per heavy atom. The first-order valence-electron chi connectivity index (χ1n) is 10.7. The summed E-state index contributed by atoms with van der Waals surface area (Å²) in [5.74, 6) is 0.379. The zero-order valence-corrected chi connectivity index (χ0v) is 19.8. The molecule has 176 valence electrons. The van der Waals surface area contributed by atoms with Gasteiger partial charge in [0.05, 0.1) is 31.4 Å². The zero-order chi connectivity index (χ0) is 24.5. The second-order valence-corrected chi connectivity index (χ2v) is 9.01. The molecule has 0 saturated heterocycles. The number of rotatable bonds is 5. The predicted octanol–water partition coefficient (Wildman–Crippen LogP) is 2.42. The highest BCUT2D eigenvalue weighted by Crippen LogP contribution is 2.28. The summed E-state index contributed by atoms with van der Waals surface area (Å²) in [6, 6.07) is 14.9. The minimum absolute atomic E-state index is 0.182. The number of amides is 1. The fourth-order valence-electron chi connectivity index (χ4n) is 3.73. The fourth-order valence-corrected chi connectivity index (χ4v) is 4.62. The molecule has 3 heterocycles. The molecule has 2 aromatic heterocycles. The quantitative estimate of drug-likeness (QED) is 0.154. The van der Waals surface area contributed by atoms with E-state index >= 15 is 0 Å². The van der Waals surface area contributed by atoms with Gasteiger partial charge in [-0.05, 0) is 47.7 Å². The predicted molar refractivity (Wildman–Crippen MR) is 130 cm³/mol. The van der Waals surface area contributed by atoms with Gasteiger partial charge in [-0.25, -0.2) is 13.8 Å². The van der Waals surface area contributed by atoms with Crippen LogP contribution in [0, 0.1) is 17.2 Å². The number of ether oxygens (including phenoxy) is 1. The largest absolute Gasteiger partial charge is 0.486 e. The molecule has 4 aromatic rings. The molecule has 2 aromatic carbocycles. The average Bonchev–Trinajstić information content (AvgIpc) is 3.51. The Balaban J connectivity index is 1.48. The van der Waals surface area contributed by atoms with E-state index < -0.39 is 0 Å². The number of halogens is 1. The van der Waals surface area contributed by atoms with Gasteiger partial charge in [-0.15, -0.1) is 12.1 Å². The van der Waals surface area contributed by atoms with Crippen LogP contribution < -0.4 is 14.6 Å². The van der Waals surface area contributed by atoms with Crippen LogP contribution in [0.1, 0.15) is 15.9 Å². The number of hydrogen-bond acceptors (Lipinski definition) is 4. The van der Waals surface area contributed by atoms with Crippen molar-refractivity contribution < 1.29 is 28.6 Å². The summed E-state index contributed by atoms with van der Waals surface area (Å²) in [4.78, 5) is 32.0. The maximum absolute atomic E-state index is 13.5. The minimum Gasteiger partial charge on any atom is -0.486 e. The number of benzene rings is 2. The van der Waals surface area contributed by atoms with E-state index in [1.54, 1.807) is 50.9 Å². The van der Waals surface area contributed by atoms with Crippen molar-refractivity contribution in [1.82, 2.24) is 9.88 Å². The maximum atomic E-state index is 13.5. The zero-order valence-electron chi connectivity index (χ0n) is 18.9. The molecular formula is C26H21FN4O3S. The van der Waals surface area contributed by atoms with Gasteiger partial charge in [0.1, 0.15) is 17.3 Å². The van der Waals surface area contributed by atoms with Crippen LogP contribution in [0.15, 0.2) is 73.2 Å². The van der Waals surface area contributed by atoms with Crippen molar-refractivity contribution in [2.24, 2.45) is 0 Å². The summed E-state index contributed by atoms with van der Waals surface area (Å²) in [6.07, 6.45) is 5.02. The molecule has 1 amide bonds. The highest BCUT2D eigenvalue weighted by molar-refractivity contribution is 7.81. The highest BCUT2D eigenvalue weighted by atomic mass is 32.1. The molecule has 35 heavy (non-hydrogen) atoms. The minimum atomic E-state index is -0.360. The maximum Gasteiger partial charge on any atom is 0.441 e. The van der Waals surface area contributed by atoms with Crippen LogP contribution in [-0.2, 0) is 11.4 Å². The number of hydrogen-bond donors (Lipinski definition) is 1. The first-order valence-corrected chi connectivity index (χ1v) is 11.6. The van der Waals surface area contributed by atoms with Gasteiger partial charge in [0.2, 0.25) is 0 Å². The van der Waals surface area contributed by atoms with E-state index in [1.807, 2.05) is 22.8 Å². The van der Waals surface area contributed by atoms with E-state index in [0.29, 0.717) is 34.0 Å². The van der Waals surface area contributed by atoms with Gasteiger partial charge >= 0.3 is 6.03 Å². The molecule has 2 N–H and O–H groups in total. The second kappa shape index (κ2) is 9.21. The van der Waals surface area contributed by atoms with E-state index in [9.17, 15) is 14.0 Å². The summed E-state index contributed by atoms with van der Waals surface area (Å²) >= 11 is 1.46. The third kappa shape index (κ3) is 4.46. The standard InChI is InChI=1S/C26H21FN4O3S/c1-30(2)26(33)31-14-21(24(32)22-15-35-25(29-22)16-4-3-11-28-13-16)20-10-9-19(12-23(20)31)34-18-7-5-17(27)6-8-18/h3-15H,29H2,1-2H3. The lowest BCUT2D eigenvalue weighted by atomic mass is 10.0. The van der Waals surface area contributed by atoms with Crippen LogP contribution in [0.25, 0.3) is 10.9 Å². The Kier molecular flexibility index (Phi) is 5.94. The summed E-state index contributed by atoms with van der Waals surface area (Å²) < 4.78 is 20.5. The molecule has 0 radical (unpaired) electrons. The molecule has 0 aliphatic carbocycles. The topological polar surface area (TPSA) is 80.0 Å². The molecule has 0 saturated carbocycles. The molecule has 5 rings (SSSR count). The summed E-state index contributed by atoms with van der Waals surface area (Å²) in [6.45, 7) is 0. The van der Waals surface area contributed by atoms with Crippen molar-refractivity contribution in [3.05, 3.63) is 102 Å². The van der Waals surface area contributed by atoms with Crippen LogP contribution in [0.4, 0.5) is 9.18 Å². The van der Waals surface area contributed by atoms with E-state index in [0.717, 1.165) is 10.9 Å². The van der Waals surface area contributed by atoms with Gasteiger partial charge in [-0.1, -0.05) is 23.7 Å². The van der Waals surface area contributed by atoms with Gasteiger partial charge in [-0.3, -0.25) is 4.90 Å². The summed E-state index contributed by atoms with van der Waals surface area (Å²) in [5.41, 5.74) is 1.89. The Morgan fingerprint density at radius 3 is 2.60 bits per heavy atom. The van der Waals surface area contributed by atoms with Crippen LogP contribution in [-0.4, -0.2) is 41.2 Å². The van der Waals surface area contributed by atoms with Gasteiger partial charge in [0.15, 0.2) is 16.7 Å². The fraction of sp³-hybridized carbons (Fsp3) is 0.0769. The number of ketones is 1. The normalized spacial score (nSPS) is 12.9. The third-order valence-electron chi connectivity index (χ3n) is 5.47. The van der Waals surface area contributed by atoms with Gasteiger partial charge in [0, 0.05) is 6.20 Å². The van der Waals surface area contributed by atoms with Crippen molar-refractivity contribution in [2.45, 2.75) is 0 Å². The lowest BCUT2D eigenvalue weighted by Gasteiger charge is -2.13. The molecule has 0 unspecified atom stereocenters. The van der Waals surface area contributed by atoms with Gasteiger partial charge in [0.25, 0.3) is 5.37 Å². The summed E-state index contributed by atoms with van der Waals surface area (Å²) in [7, 11) is 3.29. The van der Waals surface area contributed by atoms with Crippen molar-refractivity contribution in [2.75, 3.05) is 14.1 Å². The molecule has 0 fully saturated rings. The third-order valence-corrected chi connectivity index (χ3v) is 6.45. The first kappa shape index (κ1) is 22.6. The smallest absolute Gasteiger partial charge is 0.441 e. The number of Topliss-reactive ketones (excluding diaryl/α,β-unsaturated/α-hetero) is 1. The molecule has 1 aliphatic heterocycles. The van der Waals surface area contributed by atoms with Crippen molar-refractivity contribution in [3.8, 4) is 11.5 Å². The van der Waals surface area contributed by atoms with E-state index in [1.165, 1.54) is 45.1 Å². The van der Waals surface area contributed by atoms with E-state index in [2.05, 4.69) is 4.98 Å². The van der Waals surface area contributed by atoms with Gasteiger partial charge in [-0.2, -0.15) is 0 Å². The SMILES string of the molecule is CN(C)C(=O)[n+]1cc(C(=O)[C-]2C=[S+][C-](c3cccnc3)[NH2+]2)c2ccc(Oc3ccc(F)cc3)c[c-]21. The number of fused-ring (bicyclic) bond motifs is 1. The van der Waals surface area contributed by atoms with Crippen LogP contribution in [0.3, 0.4) is 0 Å². The Labute approximate surface area is 205 Å². The van der Waals surface area contributed by atoms with Crippen molar-refractivity contribution in [3.63, 3.8) is 0 Å². The van der Waals surface area contributed by atoms with E-state index in [4.69, 9.17) is 4.74 Å². The van der Waals surface area contributed by atoms with Crippen molar-refractivity contribution in [1.29, 1.82) is 0 Å². The molecule has 0 atom stereocenters. The molecule has 0 spiro atoms. The Bertz CT molecular complexity index is 1430. The highest BCUT2D eigenvalue weighted by Gasteiger charge is 2.33. The lowest BCUT2D eigenvalue weighted by Crippen LogP contribution is -2.86. The van der Waals surface area contributed by atoms with Crippen LogP contribution >= 0.6 is 0 Å². The number of quaternary nitrogens is 1. The number of nitrogens with two attached hydrogens (primary N) is 1. The average molecular weight is 489 g/mol. The Hall–Kier alpha value is -4.21. The molecule has 1 aliphatic rings. The van der Waals surface area contributed by atoms with Crippen molar-refractivity contribution >= 4 is 39.4 Å². The summed E-state index contributed by atoms with van der Waals surface area (Å²) in [5, 5.41) is 5.22. The van der Waals surface area contributed by atoms with Crippen LogP contribution in [0.2, 0.25) is 0 Å². The molecule has 7 nitrogen and oxygen atoms in total. The number of nitrogens with zero attached hydrogens (tertiary/aromatic N) is 3. The van der Waals surface area contributed by atoms with Crippen LogP contribution in [0.5, 0.6) is 11.5 Å². The second-order valence-electron chi connectivity index (χ2n) is 8.10. The monoisotopic (exact) mass is 488 g/mol. The number of carbonyl (C=O) groups is 2. The molecule has 0 bridgehead atoms. The number of pyridine rings is 1. The number of carbonyl (C=O) groups excluding carboxylic acids is 2. The molecular weight excluding hydrogens is 467 g/mol. The van der Waals surface area contributed by atoms with Gasteiger partial charge < -0.3 is 19.8 Å². The van der Waals surface area contributed by atoms with E-state index in [-0.39, 0.29) is 17.6 Å². The lowest BCUT2D eigenvalue weighted by molar-refractivity contribution is -0.580.